The lowest BCUT2D eigenvalue weighted by Crippen LogP contribution is -2.58. The first-order chi connectivity index (χ1) is 32.1. The number of hydrogen-bond donors (Lipinski definition) is 0. The number of hydrogen-bond acceptors (Lipinski definition) is 2. The zero-order chi connectivity index (χ0) is 44.7. The van der Waals surface area contributed by atoms with Gasteiger partial charge in [-0.2, -0.15) is 0 Å². The molecule has 2 heterocycles. The molecule has 66 heavy (non-hydrogen) atoms. The van der Waals surface area contributed by atoms with E-state index < -0.39 is 0 Å². The van der Waals surface area contributed by atoms with Crippen LogP contribution in [0.15, 0.2) is 226 Å². The summed E-state index contributed by atoms with van der Waals surface area (Å²) in [5.74, 6) is 0. The molecule has 2 aliphatic rings. The maximum Gasteiger partial charge on any atom is 0.247 e. The molecule has 12 rings (SSSR count). The lowest BCUT2D eigenvalue weighted by molar-refractivity contribution is 0.590. The Balaban J connectivity index is 1.08. The summed E-state index contributed by atoms with van der Waals surface area (Å²) in [6, 6.07) is 77.9. The molecule has 0 bridgehead atoms. The number of rotatable bonds is 6. The normalized spacial score (nSPS) is 13.1. The molecule has 10 aromatic carbocycles. The quantitative estimate of drug-likeness (QED) is 0.121. The Morgan fingerprint density at radius 3 is 1.44 bits per heavy atom. The summed E-state index contributed by atoms with van der Waals surface area (Å²) >= 11 is 3.88. The molecule has 0 aliphatic carbocycles. The Hall–Kier alpha value is -6.52. The van der Waals surface area contributed by atoms with Crippen molar-refractivity contribution in [3.8, 4) is 44.5 Å². The summed E-state index contributed by atoms with van der Waals surface area (Å²) in [4.78, 5) is 5.38. The van der Waals surface area contributed by atoms with Gasteiger partial charge < -0.3 is 0 Å². The average molecular weight is 881 g/mol. The Morgan fingerprint density at radius 2 is 0.803 bits per heavy atom. The Labute approximate surface area is 398 Å². The molecule has 0 fully saturated rings. The van der Waals surface area contributed by atoms with Gasteiger partial charge >= 0.3 is 0 Å². The molecule has 0 radical (unpaired) electrons. The first-order valence-corrected chi connectivity index (χ1v) is 24.8. The first-order valence-electron chi connectivity index (χ1n) is 23.2. The second kappa shape index (κ2) is 15.8. The molecular formula is C63H49BS2. The summed E-state index contributed by atoms with van der Waals surface area (Å²) in [6.07, 6.45) is 0. The smallest absolute Gasteiger partial charge is 0.0911 e. The molecule has 0 amide bonds. The van der Waals surface area contributed by atoms with E-state index in [4.69, 9.17) is 0 Å². The third-order valence-corrected chi connectivity index (χ3v) is 16.5. The summed E-state index contributed by atoms with van der Waals surface area (Å²) < 4.78 is 0. The van der Waals surface area contributed by atoms with E-state index in [9.17, 15) is 0 Å². The van der Waals surface area contributed by atoms with Crippen LogP contribution in [0.25, 0.3) is 66.1 Å². The number of benzene rings is 10. The summed E-state index contributed by atoms with van der Waals surface area (Å²) in [7, 11) is 0. The van der Waals surface area contributed by atoms with Crippen LogP contribution in [0, 0.1) is 0 Å². The van der Waals surface area contributed by atoms with Crippen LogP contribution in [-0.2, 0) is 10.8 Å². The second-order valence-corrected chi connectivity index (χ2v) is 21.8. The highest BCUT2D eigenvalue weighted by atomic mass is 32.2. The van der Waals surface area contributed by atoms with Gasteiger partial charge in [0.1, 0.15) is 0 Å². The summed E-state index contributed by atoms with van der Waals surface area (Å²) in [5.41, 5.74) is 18.1. The molecule has 0 N–H and O–H groups in total. The standard InChI is InChI=1S/C63H49BS2/c1-62(2,3)47-24-18-21-41(36-47)42-33-43(35-45(34-42)60-51-27-14-12-25-49(51)59(40-19-8-6-9-20-40)50-26-13-15-28-52(50)60)44-37-57-61-58(38-44)66-56-32-31-48(63(4,5)46-22-10-7-11-23-46)39-54(56)64(61)53-29-16-17-30-55(53)65-57/h6-39H,1-5H3. The van der Waals surface area contributed by atoms with E-state index >= 15 is 0 Å². The zero-order valence-corrected chi connectivity index (χ0v) is 39.7. The molecule has 0 spiro atoms. The molecule has 0 saturated heterocycles. The van der Waals surface area contributed by atoms with Gasteiger partial charge in [-0.15, -0.1) is 0 Å². The molecular weight excluding hydrogens is 832 g/mol. The molecule has 0 nitrogen and oxygen atoms in total. The zero-order valence-electron chi connectivity index (χ0n) is 38.0. The molecule has 0 unspecified atom stereocenters. The van der Waals surface area contributed by atoms with E-state index in [0.29, 0.717) is 0 Å². The van der Waals surface area contributed by atoms with Gasteiger partial charge in [-0.3, -0.25) is 0 Å². The molecule has 0 aromatic heterocycles. The van der Waals surface area contributed by atoms with Gasteiger partial charge in [-0.1, -0.05) is 233 Å². The van der Waals surface area contributed by atoms with Gasteiger partial charge in [0.05, 0.1) is 0 Å². The monoisotopic (exact) mass is 880 g/mol. The SMILES string of the molecule is CC(C)(C)c1cccc(-c2cc(-c3cc4c5c(c3)Sc3ccc(C(C)(C)c6ccccc6)cc3B5c3ccccc3S4)cc(-c3c4ccccc4c(-c4ccccc4)c4ccccc34)c2)c1. The van der Waals surface area contributed by atoms with E-state index in [1.807, 2.05) is 23.5 Å². The van der Waals surface area contributed by atoms with Crippen molar-refractivity contribution in [2.45, 2.75) is 65.0 Å². The largest absolute Gasteiger partial charge is 0.247 e. The fourth-order valence-corrected chi connectivity index (χ4v) is 13.1. The third kappa shape index (κ3) is 6.86. The van der Waals surface area contributed by atoms with Crippen LogP contribution in [0.5, 0.6) is 0 Å². The van der Waals surface area contributed by atoms with Crippen molar-refractivity contribution in [1.29, 1.82) is 0 Å². The molecule has 2 aliphatic heterocycles. The fraction of sp³-hybridized carbons (Fsp3) is 0.111. The fourth-order valence-electron chi connectivity index (χ4n) is 10.7. The predicted octanol–water partition coefficient (Wildman–Crippen LogP) is 15.7. The van der Waals surface area contributed by atoms with Gasteiger partial charge in [0.2, 0.25) is 6.71 Å². The maximum absolute atomic E-state index is 2.52. The van der Waals surface area contributed by atoms with Gasteiger partial charge in [0.25, 0.3) is 0 Å². The van der Waals surface area contributed by atoms with Crippen LogP contribution in [0.1, 0.15) is 51.3 Å². The van der Waals surface area contributed by atoms with E-state index in [2.05, 4.69) is 241 Å². The molecule has 3 heteroatoms. The highest BCUT2D eigenvalue weighted by Gasteiger charge is 2.39. The van der Waals surface area contributed by atoms with Crippen molar-refractivity contribution in [2.24, 2.45) is 0 Å². The van der Waals surface area contributed by atoms with Crippen LogP contribution in [0.2, 0.25) is 0 Å². The van der Waals surface area contributed by atoms with Crippen molar-refractivity contribution in [3.63, 3.8) is 0 Å². The van der Waals surface area contributed by atoms with Gasteiger partial charge in [-0.05, 0) is 136 Å². The van der Waals surface area contributed by atoms with Gasteiger partial charge in [0, 0.05) is 25.0 Å². The Kier molecular flexibility index (Phi) is 9.82. The van der Waals surface area contributed by atoms with Crippen LogP contribution >= 0.6 is 23.5 Å². The van der Waals surface area contributed by atoms with Crippen LogP contribution in [-0.4, -0.2) is 6.71 Å². The van der Waals surface area contributed by atoms with E-state index in [0.717, 1.165) is 0 Å². The van der Waals surface area contributed by atoms with Gasteiger partial charge in [0.15, 0.2) is 0 Å². The van der Waals surface area contributed by atoms with Crippen LogP contribution in [0.4, 0.5) is 0 Å². The third-order valence-electron chi connectivity index (χ3n) is 14.2. The van der Waals surface area contributed by atoms with Gasteiger partial charge in [-0.25, -0.2) is 0 Å². The van der Waals surface area contributed by atoms with Crippen molar-refractivity contribution in [2.75, 3.05) is 0 Å². The average Bonchev–Trinajstić information content (AvgIpc) is 3.35. The van der Waals surface area contributed by atoms with Crippen molar-refractivity contribution in [3.05, 3.63) is 223 Å². The minimum absolute atomic E-state index is 0.0207. The predicted molar refractivity (Wildman–Crippen MR) is 286 cm³/mol. The van der Waals surface area contributed by atoms with E-state index in [-0.39, 0.29) is 17.5 Å². The Morgan fingerprint density at radius 1 is 0.318 bits per heavy atom. The van der Waals surface area contributed by atoms with E-state index in [1.54, 1.807) is 0 Å². The minimum Gasteiger partial charge on any atom is -0.0911 e. The van der Waals surface area contributed by atoms with E-state index in [1.165, 1.54) is 119 Å². The van der Waals surface area contributed by atoms with Crippen LogP contribution in [0.3, 0.4) is 0 Å². The minimum atomic E-state index is -0.134. The highest BCUT2D eigenvalue weighted by Crippen LogP contribution is 2.47. The molecule has 316 valence electrons. The van der Waals surface area contributed by atoms with Crippen molar-refractivity contribution in [1.82, 2.24) is 0 Å². The molecule has 0 atom stereocenters. The maximum atomic E-state index is 2.52. The highest BCUT2D eigenvalue weighted by molar-refractivity contribution is 8.01. The second-order valence-electron chi connectivity index (χ2n) is 19.6. The van der Waals surface area contributed by atoms with Crippen LogP contribution < -0.4 is 16.4 Å². The van der Waals surface area contributed by atoms with Crippen molar-refractivity contribution >= 4 is 68.2 Å². The molecule has 10 aromatic rings. The van der Waals surface area contributed by atoms with Crippen molar-refractivity contribution < 1.29 is 0 Å². The lowest BCUT2D eigenvalue weighted by Gasteiger charge is -2.35. The number of fused-ring (bicyclic) bond motifs is 6. The Bertz CT molecular complexity index is 3470. The topological polar surface area (TPSA) is 0 Å². The first kappa shape index (κ1) is 41.0. The summed E-state index contributed by atoms with van der Waals surface area (Å²) in [5, 5.41) is 5.06. The molecule has 0 saturated carbocycles. The summed E-state index contributed by atoms with van der Waals surface area (Å²) in [6.45, 7) is 11.8. The lowest BCUT2D eigenvalue weighted by atomic mass is 9.36.